The summed E-state index contributed by atoms with van der Waals surface area (Å²) in [6.07, 6.45) is 4.60. The maximum Gasteiger partial charge on any atom is 0.255 e. The number of carbonyl (C=O) groups excluding carboxylic acids is 1. The molecule has 2 heterocycles. The van der Waals surface area contributed by atoms with Crippen molar-refractivity contribution in [3.8, 4) is 0 Å². The second-order valence-electron chi connectivity index (χ2n) is 7.09. The minimum Gasteiger partial charge on any atom is -0.320 e. The molecule has 0 saturated heterocycles. The highest BCUT2D eigenvalue weighted by Crippen LogP contribution is 2.26. The molecule has 0 fully saturated rings. The summed E-state index contributed by atoms with van der Waals surface area (Å²) in [5, 5.41) is 3.06. The van der Waals surface area contributed by atoms with E-state index in [1.165, 1.54) is 16.7 Å². The van der Waals surface area contributed by atoms with Gasteiger partial charge in [-0.3, -0.25) is 14.7 Å². The largest absolute Gasteiger partial charge is 0.320 e. The highest BCUT2D eigenvalue weighted by Gasteiger charge is 2.20. The smallest absolute Gasteiger partial charge is 0.255 e. The monoisotopic (exact) mass is 357 g/mol. The number of nitrogens with one attached hydrogen (secondary N) is 1. The van der Waals surface area contributed by atoms with Crippen molar-refractivity contribution in [2.75, 3.05) is 11.9 Å². The van der Waals surface area contributed by atoms with Crippen LogP contribution in [0.1, 0.15) is 32.6 Å². The first kappa shape index (κ1) is 17.4. The van der Waals surface area contributed by atoms with Gasteiger partial charge in [0.1, 0.15) is 0 Å². The van der Waals surface area contributed by atoms with Crippen molar-refractivity contribution >= 4 is 11.6 Å². The van der Waals surface area contributed by atoms with Gasteiger partial charge in [-0.05, 0) is 42.2 Å². The molecule has 27 heavy (non-hydrogen) atoms. The molecule has 0 unspecified atom stereocenters. The van der Waals surface area contributed by atoms with Crippen LogP contribution < -0.4 is 5.32 Å². The Morgan fingerprint density at radius 1 is 1.11 bits per heavy atom. The van der Waals surface area contributed by atoms with Gasteiger partial charge in [0.2, 0.25) is 0 Å². The number of amides is 1. The molecule has 0 aliphatic carbocycles. The van der Waals surface area contributed by atoms with Gasteiger partial charge in [-0.2, -0.15) is 0 Å². The van der Waals surface area contributed by atoms with Gasteiger partial charge < -0.3 is 5.32 Å². The van der Waals surface area contributed by atoms with Crippen molar-refractivity contribution in [2.45, 2.75) is 26.4 Å². The summed E-state index contributed by atoms with van der Waals surface area (Å²) in [5.74, 6) is -0.0828. The topological polar surface area (TPSA) is 45.2 Å². The van der Waals surface area contributed by atoms with Gasteiger partial charge in [0.25, 0.3) is 5.91 Å². The number of hydrogen-bond acceptors (Lipinski definition) is 3. The Labute approximate surface area is 159 Å². The molecule has 3 aromatic rings. The number of anilines is 1. The lowest BCUT2D eigenvalue weighted by Crippen LogP contribution is -2.31. The van der Waals surface area contributed by atoms with Crippen LogP contribution in [0.5, 0.6) is 0 Å². The van der Waals surface area contributed by atoms with Crippen molar-refractivity contribution in [1.29, 1.82) is 0 Å². The molecule has 0 bridgehead atoms. The van der Waals surface area contributed by atoms with Crippen LogP contribution in [0.3, 0.4) is 0 Å². The molecular weight excluding hydrogens is 334 g/mol. The third-order valence-electron chi connectivity index (χ3n) is 5.00. The maximum atomic E-state index is 12.6. The van der Waals surface area contributed by atoms with E-state index in [2.05, 4.69) is 39.5 Å². The van der Waals surface area contributed by atoms with Gasteiger partial charge in [0.05, 0.1) is 11.9 Å². The van der Waals surface area contributed by atoms with Gasteiger partial charge in [-0.25, -0.2) is 0 Å². The van der Waals surface area contributed by atoms with Gasteiger partial charge >= 0.3 is 0 Å². The summed E-state index contributed by atoms with van der Waals surface area (Å²) in [4.78, 5) is 19.4. The van der Waals surface area contributed by atoms with Crippen molar-refractivity contribution in [2.24, 2.45) is 0 Å². The second kappa shape index (κ2) is 7.72. The normalized spacial score (nSPS) is 13.8. The number of hydrogen-bond donors (Lipinski definition) is 1. The van der Waals surface area contributed by atoms with Crippen LogP contribution in [0.25, 0.3) is 0 Å². The Balaban J connectivity index is 1.49. The molecule has 0 spiro atoms. The van der Waals surface area contributed by atoms with E-state index in [0.29, 0.717) is 5.56 Å². The average Bonchev–Trinajstić information content (AvgIpc) is 2.69. The second-order valence-corrected chi connectivity index (χ2v) is 7.09. The first-order valence-electron chi connectivity index (χ1n) is 9.29. The molecule has 4 rings (SSSR count). The van der Waals surface area contributed by atoms with E-state index in [4.69, 9.17) is 0 Å². The fraction of sp³-hybridized carbons (Fsp3) is 0.217. The van der Waals surface area contributed by atoms with E-state index in [1.54, 1.807) is 6.20 Å². The number of benzene rings is 2. The quantitative estimate of drug-likeness (QED) is 0.761. The molecule has 1 aromatic heterocycles. The van der Waals surface area contributed by atoms with Gasteiger partial charge in [0.15, 0.2) is 0 Å². The average molecular weight is 357 g/mol. The van der Waals surface area contributed by atoms with Crippen molar-refractivity contribution in [1.82, 2.24) is 9.88 Å². The van der Waals surface area contributed by atoms with Gasteiger partial charge in [0, 0.05) is 31.4 Å². The minimum atomic E-state index is -0.0828. The number of aryl methyl sites for hydroxylation is 1. The molecule has 1 aliphatic heterocycles. The Bertz CT molecular complexity index is 953. The van der Waals surface area contributed by atoms with E-state index in [-0.39, 0.29) is 5.91 Å². The molecule has 4 heteroatoms. The molecule has 136 valence electrons. The first-order valence-corrected chi connectivity index (χ1v) is 9.29. The van der Waals surface area contributed by atoms with Crippen LogP contribution in [0.2, 0.25) is 0 Å². The molecule has 4 nitrogen and oxygen atoms in total. The fourth-order valence-corrected chi connectivity index (χ4v) is 3.62. The Hall–Kier alpha value is -2.98. The fourth-order valence-electron chi connectivity index (χ4n) is 3.62. The zero-order valence-electron chi connectivity index (χ0n) is 15.5. The number of carbonyl (C=O) groups is 1. The molecule has 1 aliphatic rings. The summed E-state index contributed by atoms with van der Waals surface area (Å²) in [5.41, 5.74) is 6.30. The van der Waals surface area contributed by atoms with Crippen LogP contribution >= 0.6 is 0 Å². The molecule has 2 aromatic carbocycles. The van der Waals surface area contributed by atoms with Crippen molar-refractivity contribution in [3.05, 3.63) is 94.8 Å². The minimum absolute atomic E-state index is 0.0828. The standard InChI is InChI=1S/C23H23N3O/c1-17-6-5-9-19(12-17)23(27)25-22-14-24-13-20-16-26(11-10-21(20)22)15-18-7-3-2-4-8-18/h2-9,12-14H,10-11,15-16H2,1H3,(H,25,27). The van der Waals surface area contributed by atoms with E-state index < -0.39 is 0 Å². The van der Waals surface area contributed by atoms with Crippen LogP contribution in [-0.2, 0) is 19.5 Å². The van der Waals surface area contributed by atoms with E-state index >= 15 is 0 Å². The number of fused-ring (bicyclic) bond motifs is 1. The van der Waals surface area contributed by atoms with Crippen LogP contribution in [0.4, 0.5) is 5.69 Å². The van der Waals surface area contributed by atoms with Gasteiger partial charge in [-0.1, -0.05) is 48.0 Å². The van der Waals surface area contributed by atoms with Crippen molar-refractivity contribution in [3.63, 3.8) is 0 Å². The summed E-state index contributed by atoms with van der Waals surface area (Å²) < 4.78 is 0. The van der Waals surface area contributed by atoms with E-state index in [0.717, 1.165) is 37.3 Å². The molecular formula is C23H23N3O. The van der Waals surface area contributed by atoms with Crippen LogP contribution in [-0.4, -0.2) is 22.3 Å². The van der Waals surface area contributed by atoms with Gasteiger partial charge in [-0.15, -0.1) is 0 Å². The van der Waals surface area contributed by atoms with Crippen molar-refractivity contribution < 1.29 is 4.79 Å². The lowest BCUT2D eigenvalue weighted by atomic mass is 9.99. The molecule has 0 saturated carbocycles. The van der Waals surface area contributed by atoms with Crippen LogP contribution in [0, 0.1) is 6.92 Å². The SMILES string of the molecule is Cc1cccc(C(=O)Nc2cncc3c2CCN(Cc2ccccc2)C3)c1. The molecule has 0 atom stereocenters. The molecule has 0 radical (unpaired) electrons. The summed E-state index contributed by atoms with van der Waals surface area (Å²) in [6, 6.07) is 18.2. The third-order valence-corrected chi connectivity index (χ3v) is 5.00. The summed E-state index contributed by atoms with van der Waals surface area (Å²) in [7, 11) is 0. The van der Waals surface area contributed by atoms with E-state index in [9.17, 15) is 4.79 Å². The maximum absolute atomic E-state index is 12.6. The number of pyridine rings is 1. The number of nitrogens with zero attached hydrogens (tertiary/aromatic N) is 2. The Morgan fingerprint density at radius 3 is 2.78 bits per heavy atom. The molecule has 1 N–H and O–H groups in total. The zero-order valence-corrected chi connectivity index (χ0v) is 15.5. The Morgan fingerprint density at radius 2 is 1.96 bits per heavy atom. The highest BCUT2D eigenvalue weighted by molar-refractivity contribution is 6.04. The highest BCUT2D eigenvalue weighted by atomic mass is 16.1. The summed E-state index contributed by atoms with van der Waals surface area (Å²) in [6.45, 7) is 4.74. The molecule has 1 amide bonds. The van der Waals surface area contributed by atoms with Crippen LogP contribution in [0.15, 0.2) is 67.0 Å². The lowest BCUT2D eigenvalue weighted by Gasteiger charge is -2.29. The number of rotatable bonds is 4. The summed E-state index contributed by atoms with van der Waals surface area (Å²) >= 11 is 0. The van der Waals surface area contributed by atoms with E-state index in [1.807, 2.05) is 43.5 Å². The Kier molecular flexibility index (Phi) is 4.99. The third kappa shape index (κ3) is 4.07. The number of aromatic nitrogens is 1. The predicted octanol–water partition coefficient (Wildman–Crippen LogP) is 4.20. The zero-order chi connectivity index (χ0) is 18.6. The predicted molar refractivity (Wildman–Crippen MR) is 108 cm³/mol. The first-order chi connectivity index (χ1) is 13.2. The lowest BCUT2D eigenvalue weighted by molar-refractivity contribution is 0.102.